The molecule has 2 rings (SSSR count). The van der Waals surface area contributed by atoms with Crippen LogP contribution < -0.4 is 10.6 Å². The quantitative estimate of drug-likeness (QED) is 0.703. The molecule has 1 unspecified atom stereocenters. The number of rotatable bonds is 7. The smallest absolute Gasteiger partial charge is 0.241 e. The van der Waals surface area contributed by atoms with Gasteiger partial charge in [-0.15, -0.1) is 0 Å². The lowest BCUT2D eigenvalue weighted by Crippen LogP contribution is -2.48. The van der Waals surface area contributed by atoms with Crippen LogP contribution in [0.25, 0.3) is 0 Å². The summed E-state index contributed by atoms with van der Waals surface area (Å²) >= 11 is 12.1. The summed E-state index contributed by atoms with van der Waals surface area (Å²) in [5.41, 5.74) is 0.514. The van der Waals surface area contributed by atoms with Crippen molar-refractivity contribution in [1.82, 2.24) is 10.2 Å². The van der Waals surface area contributed by atoms with Gasteiger partial charge in [0.25, 0.3) is 0 Å². The fraction of sp³-hybridized carbons (Fsp3) is 0.600. The molecule has 150 valence electrons. The number of piperidine rings is 1. The molecule has 1 heterocycles. The molecule has 5 nitrogen and oxygen atoms in total. The second-order valence-corrected chi connectivity index (χ2v) is 8.34. The van der Waals surface area contributed by atoms with Gasteiger partial charge in [0.2, 0.25) is 11.8 Å². The fourth-order valence-electron chi connectivity index (χ4n) is 3.18. The van der Waals surface area contributed by atoms with Crippen molar-refractivity contribution in [2.75, 3.05) is 25.0 Å². The van der Waals surface area contributed by atoms with Crippen LogP contribution in [-0.2, 0) is 9.59 Å². The van der Waals surface area contributed by atoms with Crippen LogP contribution >= 0.6 is 23.2 Å². The first-order chi connectivity index (χ1) is 12.8. The Morgan fingerprint density at radius 1 is 1.19 bits per heavy atom. The number of amides is 2. The zero-order valence-corrected chi connectivity index (χ0v) is 17.7. The lowest BCUT2D eigenvalue weighted by Gasteiger charge is -2.34. The second-order valence-electron chi connectivity index (χ2n) is 7.55. The van der Waals surface area contributed by atoms with E-state index in [0.29, 0.717) is 21.7 Å². The van der Waals surface area contributed by atoms with Crippen LogP contribution in [0.15, 0.2) is 18.2 Å². The summed E-state index contributed by atoms with van der Waals surface area (Å²) in [6, 6.07) is 4.86. The third-order valence-corrected chi connectivity index (χ3v) is 5.88. The number of hydrogen-bond donors (Lipinski definition) is 2. The van der Waals surface area contributed by atoms with Crippen molar-refractivity contribution in [2.24, 2.45) is 11.8 Å². The van der Waals surface area contributed by atoms with Gasteiger partial charge in [-0.2, -0.15) is 0 Å². The highest BCUT2D eigenvalue weighted by molar-refractivity contribution is 6.44. The van der Waals surface area contributed by atoms with E-state index in [9.17, 15) is 9.59 Å². The van der Waals surface area contributed by atoms with E-state index in [4.69, 9.17) is 23.2 Å². The Bertz CT molecular complexity index is 659. The summed E-state index contributed by atoms with van der Waals surface area (Å²) in [6.45, 7) is 8.34. The molecular formula is C20H29Cl2N3O2. The van der Waals surface area contributed by atoms with E-state index in [0.717, 1.165) is 38.9 Å². The number of nitrogens with one attached hydrogen (secondary N) is 2. The van der Waals surface area contributed by atoms with Crippen molar-refractivity contribution in [1.29, 1.82) is 0 Å². The summed E-state index contributed by atoms with van der Waals surface area (Å²) in [5.74, 6) is 0.627. The largest absolute Gasteiger partial charge is 0.356 e. The molecule has 1 saturated heterocycles. The van der Waals surface area contributed by atoms with Gasteiger partial charge in [0.1, 0.15) is 0 Å². The number of carbonyl (C=O) groups excluding carboxylic acids is 2. The molecular weight excluding hydrogens is 385 g/mol. The van der Waals surface area contributed by atoms with Crippen molar-refractivity contribution in [3.8, 4) is 0 Å². The molecule has 1 aliphatic rings. The van der Waals surface area contributed by atoms with Crippen LogP contribution in [0.4, 0.5) is 5.69 Å². The summed E-state index contributed by atoms with van der Waals surface area (Å²) < 4.78 is 0. The summed E-state index contributed by atoms with van der Waals surface area (Å²) in [4.78, 5) is 26.9. The molecule has 1 aliphatic heterocycles. The summed E-state index contributed by atoms with van der Waals surface area (Å²) in [5, 5.41) is 6.63. The Kier molecular flexibility index (Phi) is 8.39. The average Bonchev–Trinajstić information content (AvgIpc) is 2.64. The van der Waals surface area contributed by atoms with Crippen LogP contribution in [0, 0.1) is 11.8 Å². The van der Waals surface area contributed by atoms with Gasteiger partial charge in [0.15, 0.2) is 0 Å². The van der Waals surface area contributed by atoms with Gasteiger partial charge in [-0.25, -0.2) is 0 Å². The first-order valence-electron chi connectivity index (χ1n) is 9.56. The van der Waals surface area contributed by atoms with Gasteiger partial charge in [0, 0.05) is 12.5 Å². The number of carbonyl (C=O) groups is 2. The molecule has 0 aromatic heterocycles. The Labute approximate surface area is 171 Å². The molecule has 2 amide bonds. The number of nitrogens with zero attached hydrogens (tertiary/aromatic N) is 1. The van der Waals surface area contributed by atoms with Crippen molar-refractivity contribution in [3.05, 3.63) is 28.2 Å². The Morgan fingerprint density at radius 2 is 1.85 bits per heavy atom. The lowest BCUT2D eigenvalue weighted by atomic mass is 9.94. The number of anilines is 1. The van der Waals surface area contributed by atoms with Crippen LogP contribution in [0.3, 0.4) is 0 Å². The molecule has 2 N–H and O–H groups in total. The predicted molar refractivity (Wildman–Crippen MR) is 111 cm³/mol. The normalized spacial score (nSPS) is 17.0. The highest BCUT2D eigenvalue weighted by atomic mass is 35.5. The van der Waals surface area contributed by atoms with E-state index in [2.05, 4.69) is 29.4 Å². The Hall–Kier alpha value is -1.30. The Balaban J connectivity index is 1.81. The van der Waals surface area contributed by atoms with Crippen LogP contribution in [-0.4, -0.2) is 42.4 Å². The Morgan fingerprint density at radius 3 is 2.48 bits per heavy atom. The van der Waals surface area contributed by atoms with E-state index < -0.39 is 0 Å². The highest BCUT2D eigenvalue weighted by Gasteiger charge is 2.29. The molecule has 0 spiro atoms. The van der Waals surface area contributed by atoms with Gasteiger partial charge in [-0.3, -0.25) is 14.5 Å². The second kappa shape index (κ2) is 10.3. The van der Waals surface area contributed by atoms with Crippen molar-refractivity contribution >= 4 is 40.7 Å². The van der Waals surface area contributed by atoms with Crippen LogP contribution in [0.2, 0.25) is 10.0 Å². The van der Waals surface area contributed by atoms with E-state index in [1.165, 1.54) is 0 Å². The third-order valence-electron chi connectivity index (χ3n) is 5.06. The molecule has 27 heavy (non-hydrogen) atoms. The van der Waals surface area contributed by atoms with E-state index in [1.54, 1.807) is 18.2 Å². The summed E-state index contributed by atoms with van der Waals surface area (Å²) in [7, 11) is 0. The lowest BCUT2D eigenvalue weighted by molar-refractivity contribution is -0.127. The van der Waals surface area contributed by atoms with Gasteiger partial charge >= 0.3 is 0 Å². The van der Waals surface area contributed by atoms with Crippen molar-refractivity contribution in [2.45, 2.75) is 46.1 Å². The van der Waals surface area contributed by atoms with E-state index in [-0.39, 0.29) is 23.8 Å². The monoisotopic (exact) mass is 413 g/mol. The maximum Gasteiger partial charge on any atom is 0.241 e. The minimum Gasteiger partial charge on any atom is -0.356 e. The van der Waals surface area contributed by atoms with Gasteiger partial charge in [-0.05, 0) is 57.3 Å². The molecule has 1 aromatic carbocycles. The van der Waals surface area contributed by atoms with Crippen LogP contribution in [0.5, 0.6) is 0 Å². The van der Waals surface area contributed by atoms with Crippen molar-refractivity contribution < 1.29 is 9.59 Å². The molecule has 7 heteroatoms. The molecule has 0 saturated carbocycles. The number of halogens is 2. The summed E-state index contributed by atoms with van der Waals surface area (Å²) in [6.07, 6.45) is 2.53. The molecule has 0 radical (unpaired) electrons. The SMILES string of the molecule is CC(C)CCNC(=O)C1CCN(C(C)C(=O)Nc2cccc(Cl)c2Cl)CC1. The molecule has 1 aromatic rings. The molecule has 1 atom stereocenters. The first-order valence-corrected chi connectivity index (χ1v) is 10.3. The standard InChI is InChI=1S/C20H29Cl2N3O2/c1-13(2)7-10-23-20(27)15-8-11-25(12-9-15)14(3)19(26)24-17-6-4-5-16(21)18(17)22/h4-6,13-15H,7-12H2,1-3H3,(H,23,27)(H,24,26). The van der Waals surface area contributed by atoms with E-state index in [1.807, 2.05) is 6.92 Å². The molecule has 0 bridgehead atoms. The van der Waals surface area contributed by atoms with Gasteiger partial charge in [-0.1, -0.05) is 43.1 Å². The number of hydrogen-bond acceptors (Lipinski definition) is 3. The van der Waals surface area contributed by atoms with Gasteiger partial charge in [0.05, 0.1) is 21.8 Å². The number of likely N-dealkylation sites (tertiary alicyclic amines) is 1. The highest BCUT2D eigenvalue weighted by Crippen LogP contribution is 2.30. The average molecular weight is 414 g/mol. The maximum absolute atomic E-state index is 12.6. The predicted octanol–water partition coefficient (Wildman–Crippen LogP) is 4.19. The minimum atomic E-state index is -0.301. The fourth-order valence-corrected chi connectivity index (χ4v) is 3.53. The molecule has 1 fully saturated rings. The van der Waals surface area contributed by atoms with E-state index >= 15 is 0 Å². The maximum atomic E-state index is 12.6. The topological polar surface area (TPSA) is 61.4 Å². The third kappa shape index (κ3) is 6.37. The van der Waals surface area contributed by atoms with Crippen LogP contribution in [0.1, 0.15) is 40.0 Å². The molecule has 0 aliphatic carbocycles. The zero-order chi connectivity index (χ0) is 20.0. The zero-order valence-electron chi connectivity index (χ0n) is 16.2. The minimum absolute atomic E-state index is 0.0334. The van der Waals surface area contributed by atoms with Crippen molar-refractivity contribution in [3.63, 3.8) is 0 Å². The first kappa shape index (κ1) is 22.0. The van der Waals surface area contributed by atoms with Gasteiger partial charge < -0.3 is 10.6 Å². The number of benzene rings is 1.